The molecule has 3 rings (SSSR count). The minimum absolute atomic E-state index is 0.128. The van der Waals surface area contributed by atoms with Gasteiger partial charge in [0.05, 0.1) is 5.75 Å². The minimum Gasteiger partial charge on any atom is -0.340 e. The molecule has 2 heterocycles. The van der Waals surface area contributed by atoms with E-state index in [4.69, 9.17) is 23.2 Å². The van der Waals surface area contributed by atoms with Gasteiger partial charge in [0.15, 0.2) is 0 Å². The molecule has 1 aliphatic heterocycles. The van der Waals surface area contributed by atoms with Gasteiger partial charge in [-0.05, 0) is 37.0 Å². The van der Waals surface area contributed by atoms with Crippen LogP contribution in [0.5, 0.6) is 0 Å². The molecule has 0 radical (unpaired) electrons. The summed E-state index contributed by atoms with van der Waals surface area (Å²) in [5, 5.41) is 10.9. The lowest BCUT2D eigenvalue weighted by atomic mass is 10.1. The maximum absolute atomic E-state index is 12.0. The van der Waals surface area contributed by atoms with Gasteiger partial charge in [-0.15, -0.1) is 16.9 Å². The van der Waals surface area contributed by atoms with E-state index in [1.165, 1.54) is 18.2 Å². The predicted octanol–water partition coefficient (Wildman–Crippen LogP) is 3.97. The summed E-state index contributed by atoms with van der Waals surface area (Å²) in [6, 6.07) is 5.37. The standard InChI is InChI=1S/C16H19Cl2N5OS/c17-12-5-4-11(13(18)8-12)9-25-10-14(24)19-15-20-16(22-21-15)23-6-2-1-3-7-23/h4-5,8H,1-3,6-7,9-10H2,(H2,19,20,21,22,24). The van der Waals surface area contributed by atoms with Gasteiger partial charge < -0.3 is 4.90 Å². The molecule has 0 unspecified atom stereocenters. The number of benzene rings is 1. The van der Waals surface area contributed by atoms with Crippen LogP contribution >= 0.6 is 35.0 Å². The van der Waals surface area contributed by atoms with E-state index in [-0.39, 0.29) is 5.91 Å². The molecule has 25 heavy (non-hydrogen) atoms. The molecule has 134 valence electrons. The van der Waals surface area contributed by atoms with E-state index < -0.39 is 0 Å². The van der Waals surface area contributed by atoms with Gasteiger partial charge in [0.25, 0.3) is 0 Å². The zero-order valence-corrected chi connectivity index (χ0v) is 15.9. The number of piperidine rings is 1. The van der Waals surface area contributed by atoms with E-state index in [9.17, 15) is 4.79 Å². The summed E-state index contributed by atoms with van der Waals surface area (Å²) in [4.78, 5) is 18.5. The zero-order valence-electron chi connectivity index (χ0n) is 13.6. The third-order valence-electron chi connectivity index (χ3n) is 3.88. The molecule has 6 nitrogen and oxygen atoms in total. The first-order valence-corrected chi connectivity index (χ1v) is 10.0. The van der Waals surface area contributed by atoms with Crippen LogP contribution in [0.25, 0.3) is 0 Å². The number of carbonyl (C=O) groups is 1. The SMILES string of the molecule is O=C(CSCc1ccc(Cl)cc1Cl)Nc1nc(N2CCCCC2)n[nH]1. The van der Waals surface area contributed by atoms with Crippen LogP contribution in [0.4, 0.5) is 11.9 Å². The van der Waals surface area contributed by atoms with Crippen LogP contribution in [-0.2, 0) is 10.5 Å². The summed E-state index contributed by atoms with van der Waals surface area (Å²) in [6.07, 6.45) is 3.56. The number of anilines is 2. The molecule has 0 bridgehead atoms. The molecule has 2 aromatic rings. The topological polar surface area (TPSA) is 73.9 Å². The highest BCUT2D eigenvalue weighted by molar-refractivity contribution is 7.99. The highest BCUT2D eigenvalue weighted by atomic mass is 35.5. The van der Waals surface area contributed by atoms with Crippen LogP contribution in [0.3, 0.4) is 0 Å². The maximum Gasteiger partial charge on any atom is 0.246 e. The van der Waals surface area contributed by atoms with Gasteiger partial charge in [0, 0.05) is 28.9 Å². The van der Waals surface area contributed by atoms with Gasteiger partial charge in [-0.25, -0.2) is 5.10 Å². The van der Waals surface area contributed by atoms with Crippen LogP contribution in [0.15, 0.2) is 18.2 Å². The van der Waals surface area contributed by atoms with Crippen LogP contribution in [0, 0.1) is 0 Å². The average Bonchev–Trinajstić information content (AvgIpc) is 3.06. The molecule has 9 heteroatoms. The molecule has 1 aromatic carbocycles. The minimum atomic E-state index is -0.128. The molecule has 1 saturated heterocycles. The van der Waals surface area contributed by atoms with Crippen molar-refractivity contribution in [3.05, 3.63) is 33.8 Å². The number of amides is 1. The van der Waals surface area contributed by atoms with E-state index in [0.29, 0.717) is 33.4 Å². The number of aromatic amines is 1. The van der Waals surface area contributed by atoms with Crippen molar-refractivity contribution in [2.24, 2.45) is 0 Å². The number of nitrogens with one attached hydrogen (secondary N) is 2. The fourth-order valence-electron chi connectivity index (χ4n) is 2.60. The van der Waals surface area contributed by atoms with E-state index in [2.05, 4.69) is 25.4 Å². The largest absolute Gasteiger partial charge is 0.340 e. The Hall–Kier alpha value is -1.44. The first-order valence-electron chi connectivity index (χ1n) is 8.11. The number of carbonyl (C=O) groups excluding carboxylic acids is 1. The number of hydrogen-bond donors (Lipinski definition) is 2. The highest BCUT2D eigenvalue weighted by Crippen LogP contribution is 2.24. The Balaban J connectivity index is 1.45. The molecule has 0 aliphatic carbocycles. The Bertz CT molecular complexity index is 733. The van der Waals surface area contributed by atoms with Gasteiger partial charge in [-0.2, -0.15) is 4.98 Å². The van der Waals surface area contributed by atoms with Crippen molar-refractivity contribution in [1.82, 2.24) is 15.2 Å². The summed E-state index contributed by atoms with van der Waals surface area (Å²) in [5.41, 5.74) is 0.955. The molecule has 0 atom stereocenters. The zero-order chi connectivity index (χ0) is 17.6. The van der Waals surface area contributed by atoms with Gasteiger partial charge in [-0.1, -0.05) is 29.3 Å². The number of hydrogen-bond acceptors (Lipinski definition) is 5. The molecular weight excluding hydrogens is 381 g/mol. The molecule has 0 spiro atoms. The summed E-state index contributed by atoms with van der Waals surface area (Å²) < 4.78 is 0. The number of halogens is 2. The Morgan fingerprint density at radius 2 is 2.08 bits per heavy atom. The molecule has 1 amide bonds. The second-order valence-electron chi connectivity index (χ2n) is 5.81. The highest BCUT2D eigenvalue weighted by Gasteiger charge is 2.16. The van der Waals surface area contributed by atoms with Crippen molar-refractivity contribution in [1.29, 1.82) is 0 Å². The lowest BCUT2D eigenvalue weighted by Crippen LogP contribution is -2.30. The fraction of sp³-hybridized carbons (Fsp3) is 0.438. The Kier molecular flexibility index (Phi) is 6.45. The molecule has 1 aliphatic rings. The average molecular weight is 400 g/mol. The molecule has 0 saturated carbocycles. The number of nitrogens with zero attached hydrogens (tertiary/aromatic N) is 3. The van der Waals surface area contributed by atoms with Crippen molar-refractivity contribution >= 4 is 52.8 Å². The Morgan fingerprint density at radius 1 is 1.28 bits per heavy atom. The molecule has 1 aromatic heterocycles. The predicted molar refractivity (Wildman–Crippen MR) is 104 cm³/mol. The lowest BCUT2D eigenvalue weighted by Gasteiger charge is -2.24. The van der Waals surface area contributed by atoms with Crippen molar-refractivity contribution in [3.63, 3.8) is 0 Å². The van der Waals surface area contributed by atoms with Crippen LogP contribution in [0.2, 0.25) is 10.0 Å². The quantitative estimate of drug-likeness (QED) is 0.768. The smallest absolute Gasteiger partial charge is 0.246 e. The summed E-state index contributed by atoms with van der Waals surface area (Å²) >= 11 is 13.5. The molecule has 2 N–H and O–H groups in total. The van der Waals surface area contributed by atoms with Gasteiger partial charge >= 0.3 is 0 Å². The Morgan fingerprint density at radius 3 is 2.84 bits per heavy atom. The van der Waals surface area contributed by atoms with Crippen LogP contribution in [0.1, 0.15) is 24.8 Å². The number of H-pyrrole nitrogens is 1. The number of thioether (sulfide) groups is 1. The van der Waals surface area contributed by atoms with Crippen molar-refractivity contribution < 1.29 is 4.79 Å². The van der Waals surface area contributed by atoms with E-state index in [0.717, 1.165) is 31.5 Å². The Labute approximate surface area is 160 Å². The number of rotatable bonds is 6. The molecular formula is C16H19Cl2N5OS. The van der Waals surface area contributed by atoms with Crippen molar-refractivity contribution in [2.75, 3.05) is 29.1 Å². The summed E-state index contributed by atoms with van der Waals surface area (Å²) in [6.45, 7) is 1.92. The lowest BCUT2D eigenvalue weighted by molar-refractivity contribution is -0.113. The van der Waals surface area contributed by atoms with E-state index >= 15 is 0 Å². The van der Waals surface area contributed by atoms with Crippen molar-refractivity contribution in [2.45, 2.75) is 25.0 Å². The fourth-order valence-corrected chi connectivity index (χ4v) is 3.99. The second kappa shape index (κ2) is 8.78. The molecule has 1 fully saturated rings. The van der Waals surface area contributed by atoms with Crippen LogP contribution < -0.4 is 10.2 Å². The number of aromatic nitrogens is 3. The first-order chi connectivity index (χ1) is 12.1. The van der Waals surface area contributed by atoms with E-state index in [1.807, 2.05) is 6.07 Å². The van der Waals surface area contributed by atoms with Crippen molar-refractivity contribution in [3.8, 4) is 0 Å². The third kappa shape index (κ3) is 5.26. The van der Waals surface area contributed by atoms with Gasteiger partial charge in [-0.3, -0.25) is 10.1 Å². The summed E-state index contributed by atoms with van der Waals surface area (Å²) in [7, 11) is 0. The van der Waals surface area contributed by atoms with Crippen LogP contribution in [-0.4, -0.2) is 39.9 Å². The monoisotopic (exact) mass is 399 g/mol. The normalized spacial score (nSPS) is 14.6. The second-order valence-corrected chi connectivity index (χ2v) is 7.64. The maximum atomic E-state index is 12.0. The van der Waals surface area contributed by atoms with Gasteiger partial charge in [0.2, 0.25) is 17.8 Å². The third-order valence-corrected chi connectivity index (χ3v) is 5.44. The summed E-state index contributed by atoms with van der Waals surface area (Å²) in [5.74, 6) is 1.85. The first kappa shape index (κ1) is 18.4. The van der Waals surface area contributed by atoms with E-state index in [1.54, 1.807) is 12.1 Å². The van der Waals surface area contributed by atoms with Gasteiger partial charge in [0.1, 0.15) is 0 Å².